The number of nitrogens with zero attached hydrogens (tertiary/aromatic N) is 2. The van der Waals surface area contributed by atoms with E-state index in [-0.39, 0.29) is 5.57 Å². The lowest BCUT2D eigenvalue weighted by Crippen LogP contribution is -1.84. The van der Waals surface area contributed by atoms with Crippen LogP contribution in [0.2, 0.25) is 0 Å². The van der Waals surface area contributed by atoms with E-state index in [0.29, 0.717) is 0 Å². The quantitative estimate of drug-likeness (QED) is 0.109. The average Bonchev–Trinajstić information content (AvgIpc) is 3.37. The molecule has 0 saturated carbocycles. The molecule has 33 heavy (non-hydrogen) atoms. The summed E-state index contributed by atoms with van der Waals surface area (Å²) in [7, 11) is 0. The van der Waals surface area contributed by atoms with E-state index in [1.807, 2.05) is 35.2 Å². The van der Waals surface area contributed by atoms with E-state index < -0.39 is 0 Å². The predicted molar refractivity (Wildman–Crippen MR) is 149 cm³/mol. The first kappa shape index (κ1) is 28.0. The van der Waals surface area contributed by atoms with Gasteiger partial charge in [-0.3, -0.25) is 0 Å². The first-order chi connectivity index (χ1) is 16.3. The predicted octanol–water partition coefficient (Wildman–Crippen LogP) is 10.7. The van der Waals surface area contributed by atoms with Crippen molar-refractivity contribution in [3.05, 3.63) is 22.6 Å². The number of hydrogen-bond donors (Lipinski definition) is 0. The number of hydrogen-bond acceptors (Lipinski definition) is 5. The highest BCUT2D eigenvalue weighted by molar-refractivity contribution is 8.01. The minimum Gasteiger partial charge on any atom is -0.192 e. The minimum atomic E-state index is 0.169. The standard InChI is InChI=1S/C28H40N2S3/c1-2-3-4-5-6-7-8-9-10-11-12-13-14-15-16-17-18-31-28-21-27-26(33-28)20-25(32-27)19-24(22-29)23-30/h19-21H,2-18H2,1H3. The fourth-order valence-electron chi connectivity index (χ4n) is 4.03. The largest absolute Gasteiger partial charge is 0.192 e. The summed E-state index contributed by atoms with van der Waals surface area (Å²) in [4.78, 5) is 0.990. The summed E-state index contributed by atoms with van der Waals surface area (Å²) in [5, 5.41) is 17.8. The Bertz CT molecular complexity index is 847. The molecule has 0 unspecified atom stereocenters. The van der Waals surface area contributed by atoms with Gasteiger partial charge in [0.1, 0.15) is 17.7 Å². The van der Waals surface area contributed by atoms with Crippen molar-refractivity contribution in [3.8, 4) is 12.1 Å². The highest BCUT2D eigenvalue weighted by atomic mass is 32.2. The molecule has 5 heteroatoms. The third kappa shape index (κ3) is 12.1. The molecule has 2 nitrogen and oxygen atoms in total. The van der Waals surface area contributed by atoms with Gasteiger partial charge < -0.3 is 0 Å². The van der Waals surface area contributed by atoms with Crippen LogP contribution in [0.4, 0.5) is 0 Å². The zero-order valence-corrected chi connectivity index (χ0v) is 22.8. The molecular weight excluding hydrogens is 461 g/mol. The molecule has 180 valence electrons. The number of fused-ring (bicyclic) bond motifs is 1. The molecule has 2 heterocycles. The van der Waals surface area contributed by atoms with E-state index >= 15 is 0 Å². The Kier molecular flexibility index (Phi) is 15.3. The fourth-order valence-corrected chi connectivity index (χ4v) is 7.69. The monoisotopic (exact) mass is 500 g/mol. The van der Waals surface area contributed by atoms with E-state index in [9.17, 15) is 0 Å². The highest BCUT2D eigenvalue weighted by Gasteiger charge is 2.07. The van der Waals surface area contributed by atoms with Gasteiger partial charge in [-0.1, -0.05) is 103 Å². The van der Waals surface area contributed by atoms with E-state index in [4.69, 9.17) is 10.5 Å². The first-order valence-corrected chi connectivity index (χ1v) is 15.6. The molecule has 0 aliphatic heterocycles. The molecule has 0 spiro atoms. The van der Waals surface area contributed by atoms with Crippen molar-refractivity contribution in [2.75, 3.05) is 5.75 Å². The van der Waals surface area contributed by atoms with Crippen LogP contribution in [-0.4, -0.2) is 5.75 Å². The van der Waals surface area contributed by atoms with Gasteiger partial charge in [-0.25, -0.2) is 0 Å². The molecule has 0 aromatic carbocycles. The third-order valence-electron chi connectivity index (χ3n) is 5.97. The molecule has 2 aromatic heterocycles. The third-order valence-corrected chi connectivity index (χ3v) is 9.51. The van der Waals surface area contributed by atoms with Crippen LogP contribution in [0.15, 0.2) is 21.9 Å². The molecule has 0 aliphatic carbocycles. The summed E-state index contributed by atoms with van der Waals surface area (Å²) in [6.07, 6.45) is 24.3. The lowest BCUT2D eigenvalue weighted by Gasteiger charge is -2.03. The van der Waals surface area contributed by atoms with Gasteiger partial charge in [-0.15, -0.1) is 34.4 Å². The van der Waals surface area contributed by atoms with Crippen molar-refractivity contribution in [1.82, 2.24) is 0 Å². The Morgan fingerprint density at radius 3 is 1.70 bits per heavy atom. The summed E-state index contributed by atoms with van der Waals surface area (Å²) >= 11 is 5.46. The second kappa shape index (κ2) is 18.1. The van der Waals surface area contributed by atoms with Gasteiger partial charge in [0.15, 0.2) is 0 Å². The smallest absolute Gasteiger partial charge is 0.131 e. The van der Waals surface area contributed by atoms with Gasteiger partial charge in [0, 0.05) is 14.3 Å². The highest BCUT2D eigenvalue weighted by Crippen LogP contribution is 2.38. The Morgan fingerprint density at radius 2 is 1.21 bits per heavy atom. The van der Waals surface area contributed by atoms with Crippen molar-refractivity contribution in [2.45, 2.75) is 114 Å². The van der Waals surface area contributed by atoms with Crippen LogP contribution in [0.3, 0.4) is 0 Å². The van der Waals surface area contributed by atoms with Crippen molar-refractivity contribution in [3.63, 3.8) is 0 Å². The van der Waals surface area contributed by atoms with Crippen LogP contribution in [0.1, 0.15) is 115 Å². The minimum absolute atomic E-state index is 0.169. The summed E-state index contributed by atoms with van der Waals surface area (Å²) in [6.45, 7) is 2.29. The number of allylic oxidation sites excluding steroid dienone is 1. The second-order valence-electron chi connectivity index (χ2n) is 8.88. The molecule has 0 bridgehead atoms. The zero-order valence-electron chi connectivity index (χ0n) is 20.4. The van der Waals surface area contributed by atoms with Crippen LogP contribution in [0.25, 0.3) is 15.5 Å². The second-order valence-corrected chi connectivity index (χ2v) is 12.5. The Hall–Kier alpha value is -1.27. The van der Waals surface area contributed by atoms with Crippen molar-refractivity contribution < 1.29 is 0 Å². The molecule has 0 atom stereocenters. The maximum absolute atomic E-state index is 8.89. The van der Waals surface area contributed by atoms with Gasteiger partial charge in [0.25, 0.3) is 0 Å². The van der Waals surface area contributed by atoms with Crippen molar-refractivity contribution in [2.24, 2.45) is 0 Å². The van der Waals surface area contributed by atoms with E-state index in [0.717, 1.165) is 4.88 Å². The normalized spacial score (nSPS) is 10.9. The molecule has 0 amide bonds. The van der Waals surface area contributed by atoms with Gasteiger partial charge in [0.2, 0.25) is 0 Å². The lowest BCUT2D eigenvalue weighted by atomic mass is 10.0. The van der Waals surface area contributed by atoms with Crippen LogP contribution in [-0.2, 0) is 0 Å². The van der Waals surface area contributed by atoms with Crippen LogP contribution in [0.5, 0.6) is 0 Å². The zero-order chi connectivity index (χ0) is 23.6. The maximum Gasteiger partial charge on any atom is 0.131 e. The molecule has 2 aromatic rings. The first-order valence-electron chi connectivity index (χ1n) is 12.9. The summed E-state index contributed by atoms with van der Waals surface area (Å²) < 4.78 is 3.90. The topological polar surface area (TPSA) is 47.6 Å². The Labute approximate surface area is 214 Å². The van der Waals surface area contributed by atoms with Gasteiger partial charge >= 0.3 is 0 Å². The number of thiophene rings is 2. The molecule has 0 N–H and O–H groups in total. The number of nitriles is 2. The van der Waals surface area contributed by atoms with Crippen molar-refractivity contribution in [1.29, 1.82) is 10.5 Å². The summed E-state index contributed by atoms with van der Waals surface area (Å²) in [5.74, 6) is 1.20. The van der Waals surface area contributed by atoms with E-state index in [1.165, 1.54) is 122 Å². The lowest BCUT2D eigenvalue weighted by molar-refractivity contribution is 0.532. The molecule has 0 saturated heterocycles. The number of thioether (sulfide) groups is 1. The summed E-state index contributed by atoms with van der Waals surface area (Å²) in [5.41, 5.74) is 0.169. The van der Waals surface area contributed by atoms with Gasteiger partial charge in [0.05, 0.1) is 4.21 Å². The average molecular weight is 501 g/mol. The SMILES string of the molecule is CCCCCCCCCCCCCCCCCCSc1cc2sc(C=C(C#N)C#N)cc2s1. The van der Waals surface area contributed by atoms with Crippen LogP contribution >= 0.6 is 34.4 Å². The van der Waals surface area contributed by atoms with Crippen LogP contribution in [0, 0.1) is 22.7 Å². The van der Waals surface area contributed by atoms with Crippen LogP contribution < -0.4 is 0 Å². The molecule has 0 fully saturated rings. The van der Waals surface area contributed by atoms with E-state index in [1.54, 1.807) is 17.4 Å². The number of unbranched alkanes of at least 4 members (excludes halogenated alkanes) is 15. The maximum atomic E-state index is 8.89. The summed E-state index contributed by atoms with van der Waals surface area (Å²) in [6, 6.07) is 8.21. The Balaban J connectivity index is 1.42. The fraction of sp³-hybridized carbons (Fsp3) is 0.643. The molecular formula is C28H40N2S3. The molecule has 0 radical (unpaired) electrons. The molecule has 0 aliphatic rings. The van der Waals surface area contributed by atoms with Gasteiger partial charge in [-0.2, -0.15) is 10.5 Å². The number of rotatable bonds is 19. The van der Waals surface area contributed by atoms with E-state index in [2.05, 4.69) is 19.1 Å². The molecule has 2 rings (SSSR count). The Morgan fingerprint density at radius 1 is 0.727 bits per heavy atom. The van der Waals surface area contributed by atoms with Crippen molar-refractivity contribution >= 4 is 49.9 Å². The van der Waals surface area contributed by atoms with Gasteiger partial charge in [-0.05, 0) is 30.4 Å².